The Kier molecular flexibility index (Phi) is 4.71. The summed E-state index contributed by atoms with van der Waals surface area (Å²) < 4.78 is 34.7. The van der Waals surface area contributed by atoms with Crippen LogP contribution in [0.1, 0.15) is 6.42 Å². The van der Waals surface area contributed by atoms with Crippen LogP contribution in [0.2, 0.25) is 0 Å². The van der Waals surface area contributed by atoms with E-state index in [0.717, 1.165) is 4.90 Å². The van der Waals surface area contributed by atoms with E-state index in [1.54, 1.807) is 0 Å². The standard InChI is InChI=1S/C15H15ClF2N2O4/c16-15(17,18)24-11-3-1-10(2-4-11)20-13(21)9-12(14(20)22)19-5-7-23-8-6-19/h1-4,12H,5-9H2. The first kappa shape index (κ1) is 17.1. The predicted molar refractivity (Wildman–Crippen MR) is 81.2 cm³/mol. The lowest BCUT2D eigenvalue weighted by molar-refractivity contribution is -0.123. The number of amides is 2. The molecular formula is C15H15ClF2N2O4. The van der Waals surface area contributed by atoms with Crippen LogP contribution in [-0.2, 0) is 14.3 Å². The van der Waals surface area contributed by atoms with Crippen molar-refractivity contribution in [2.75, 3.05) is 31.2 Å². The summed E-state index contributed by atoms with van der Waals surface area (Å²) in [5.41, 5.74) is -3.51. The Morgan fingerprint density at radius 1 is 1.17 bits per heavy atom. The third-order valence-electron chi connectivity index (χ3n) is 3.94. The van der Waals surface area contributed by atoms with Crippen molar-refractivity contribution in [3.63, 3.8) is 0 Å². The Hall–Kier alpha value is -1.77. The fourth-order valence-corrected chi connectivity index (χ4v) is 2.95. The molecule has 0 bridgehead atoms. The first-order valence-corrected chi connectivity index (χ1v) is 7.77. The van der Waals surface area contributed by atoms with Gasteiger partial charge in [-0.05, 0) is 24.3 Å². The largest absolute Gasteiger partial charge is 0.487 e. The molecule has 0 radical (unpaired) electrons. The second-order valence-corrected chi connectivity index (χ2v) is 5.92. The van der Waals surface area contributed by atoms with Gasteiger partial charge in [0.2, 0.25) is 5.91 Å². The zero-order valence-electron chi connectivity index (χ0n) is 12.6. The van der Waals surface area contributed by atoms with E-state index < -0.39 is 11.6 Å². The molecule has 2 saturated heterocycles. The number of imide groups is 1. The number of anilines is 1. The molecular weight excluding hydrogens is 346 g/mol. The smallest absolute Gasteiger partial charge is 0.420 e. The van der Waals surface area contributed by atoms with Gasteiger partial charge in [-0.15, -0.1) is 8.78 Å². The number of halogens is 3. The van der Waals surface area contributed by atoms with Crippen LogP contribution in [-0.4, -0.2) is 54.6 Å². The highest BCUT2D eigenvalue weighted by Crippen LogP contribution is 2.30. The molecule has 2 aliphatic rings. The molecule has 0 saturated carbocycles. The maximum absolute atomic E-state index is 12.6. The van der Waals surface area contributed by atoms with E-state index in [9.17, 15) is 18.4 Å². The number of alkyl halides is 3. The molecule has 130 valence electrons. The summed E-state index contributed by atoms with van der Waals surface area (Å²) in [6.45, 7) is 2.23. The SMILES string of the molecule is O=C1CC(N2CCOCC2)C(=O)N1c1ccc(OC(F)(F)Cl)cc1. The number of carbonyl (C=O) groups is 2. The van der Waals surface area contributed by atoms with Gasteiger partial charge < -0.3 is 9.47 Å². The third kappa shape index (κ3) is 3.66. The van der Waals surface area contributed by atoms with Gasteiger partial charge in [0.25, 0.3) is 5.91 Å². The molecule has 0 aromatic heterocycles. The molecule has 1 atom stereocenters. The lowest BCUT2D eigenvalue weighted by Crippen LogP contribution is -2.47. The third-order valence-corrected chi connectivity index (χ3v) is 4.01. The van der Waals surface area contributed by atoms with Crippen molar-refractivity contribution in [3.05, 3.63) is 24.3 Å². The zero-order chi connectivity index (χ0) is 17.3. The number of morpholine rings is 1. The zero-order valence-corrected chi connectivity index (χ0v) is 13.3. The van der Waals surface area contributed by atoms with Gasteiger partial charge in [-0.1, -0.05) is 0 Å². The normalized spacial score (nSPS) is 23.0. The van der Waals surface area contributed by atoms with E-state index in [-0.39, 0.29) is 24.0 Å². The van der Waals surface area contributed by atoms with E-state index in [2.05, 4.69) is 4.74 Å². The molecule has 6 nitrogen and oxygen atoms in total. The first-order chi connectivity index (χ1) is 11.3. The summed E-state index contributed by atoms with van der Waals surface area (Å²) in [7, 11) is 0. The highest BCUT2D eigenvalue weighted by atomic mass is 35.5. The lowest BCUT2D eigenvalue weighted by Gasteiger charge is -2.30. The molecule has 1 unspecified atom stereocenters. The number of hydrogen-bond acceptors (Lipinski definition) is 5. The van der Waals surface area contributed by atoms with Crippen LogP contribution in [0, 0.1) is 0 Å². The topological polar surface area (TPSA) is 59.1 Å². The Morgan fingerprint density at radius 2 is 1.79 bits per heavy atom. The van der Waals surface area contributed by atoms with Gasteiger partial charge in [-0.25, -0.2) is 4.90 Å². The van der Waals surface area contributed by atoms with Crippen molar-refractivity contribution in [1.29, 1.82) is 0 Å². The van der Waals surface area contributed by atoms with E-state index in [1.165, 1.54) is 24.3 Å². The van der Waals surface area contributed by atoms with Crippen LogP contribution < -0.4 is 9.64 Å². The van der Waals surface area contributed by atoms with E-state index in [1.807, 2.05) is 4.90 Å². The summed E-state index contributed by atoms with van der Waals surface area (Å²) in [4.78, 5) is 27.8. The number of benzene rings is 1. The fourth-order valence-electron chi connectivity index (χ4n) is 2.86. The molecule has 0 N–H and O–H groups in total. The molecule has 2 fully saturated rings. The Morgan fingerprint density at radius 3 is 2.38 bits per heavy atom. The molecule has 1 aromatic rings. The Labute approximate surface area is 141 Å². The maximum atomic E-state index is 12.6. The highest BCUT2D eigenvalue weighted by molar-refractivity contribution is 6.22. The van der Waals surface area contributed by atoms with Gasteiger partial charge in [-0.3, -0.25) is 14.5 Å². The highest BCUT2D eigenvalue weighted by Gasteiger charge is 2.43. The van der Waals surface area contributed by atoms with Crippen molar-refractivity contribution in [1.82, 2.24) is 4.90 Å². The second kappa shape index (κ2) is 6.62. The summed E-state index contributed by atoms with van der Waals surface area (Å²) >= 11 is 4.70. The number of carbonyl (C=O) groups excluding carboxylic acids is 2. The molecule has 9 heteroatoms. The quantitative estimate of drug-likeness (QED) is 0.605. The van der Waals surface area contributed by atoms with Gasteiger partial charge in [0, 0.05) is 24.7 Å². The molecule has 3 rings (SSSR count). The molecule has 2 aliphatic heterocycles. The van der Waals surface area contributed by atoms with Gasteiger partial charge in [0.05, 0.1) is 31.4 Å². The van der Waals surface area contributed by atoms with Crippen LogP contribution in [0.25, 0.3) is 0 Å². The lowest BCUT2D eigenvalue weighted by atomic mass is 10.2. The maximum Gasteiger partial charge on any atom is 0.487 e. The Balaban J connectivity index is 1.74. The van der Waals surface area contributed by atoms with Gasteiger partial charge >= 0.3 is 5.57 Å². The van der Waals surface area contributed by atoms with Crippen LogP contribution in [0.15, 0.2) is 24.3 Å². The second-order valence-electron chi connectivity index (χ2n) is 5.48. The number of nitrogens with zero attached hydrogens (tertiary/aromatic N) is 2. The van der Waals surface area contributed by atoms with Crippen molar-refractivity contribution in [2.45, 2.75) is 18.0 Å². The van der Waals surface area contributed by atoms with Crippen LogP contribution in [0.5, 0.6) is 5.75 Å². The molecule has 2 amide bonds. The van der Waals surface area contributed by atoms with E-state index in [4.69, 9.17) is 16.3 Å². The molecule has 2 heterocycles. The van der Waals surface area contributed by atoms with Gasteiger partial charge in [-0.2, -0.15) is 0 Å². The molecule has 0 aliphatic carbocycles. The van der Waals surface area contributed by atoms with Crippen molar-refractivity contribution >= 4 is 29.1 Å². The number of rotatable bonds is 4. The molecule has 0 spiro atoms. The van der Waals surface area contributed by atoms with Gasteiger partial charge in [0.15, 0.2) is 0 Å². The summed E-state index contributed by atoms with van der Waals surface area (Å²) in [6.07, 6.45) is 0.0941. The molecule has 1 aromatic carbocycles. The minimum Gasteiger partial charge on any atom is -0.420 e. The summed E-state index contributed by atoms with van der Waals surface area (Å²) in [5.74, 6) is -0.811. The molecule has 24 heavy (non-hydrogen) atoms. The van der Waals surface area contributed by atoms with Crippen LogP contribution in [0.3, 0.4) is 0 Å². The monoisotopic (exact) mass is 360 g/mol. The fraction of sp³-hybridized carbons (Fsp3) is 0.467. The minimum atomic E-state index is -3.82. The average molecular weight is 361 g/mol. The van der Waals surface area contributed by atoms with E-state index in [0.29, 0.717) is 32.0 Å². The van der Waals surface area contributed by atoms with Crippen LogP contribution >= 0.6 is 11.6 Å². The predicted octanol–water partition coefficient (Wildman–Crippen LogP) is 1.82. The Bertz CT molecular complexity index is 629. The van der Waals surface area contributed by atoms with Crippen molar-refractivity contribution < 1.29 is 27.8 Å². The van der Waals surface area contributed by atoms with Crippen LogP contribution in [0.4, 0.5) is 14.5 Å². The minimum absolute atomic E-state index is 0.0941. The first-order valence-electron chi connectivity index (χ1n) is 7.39. The summed E-state index contributed by atoms with van der Waals surface area (Å²) in [6, 6.07) is 4.69. The van der Waals surface area contributed by atoms with Crippen molar-refractivity contribution in [2.24, 2.45) is 0 Å². The van der Waals surface area contributed by atoms with Crippen molar-refractivity contribution in [3.8, 4) is 5.75 Å². The summed E-state index contributed by atoms with van der Waals surface area (Å²) in [5, 5.41) is 0. The van der Waals surface area contributed by atoms with E-state index >= 15 is 0 Å². The number of ether oxygens (including phenoxy) is 2. The average Bonchev–Trinajstić information content (AvgIpc) is 2.83. The van der Waals surface area contributed by atoms with Gasteiger partial charge in [0.1, 0.15) is 5.75 Å². The number of hydrogen-bond donors (Lipinski definition) is 0.